The van der Waals surface area contributed by atoms with Crippen LogP contribution in [0.5, 0.6) is 11.6 Å². The summed E-state index contributed by atoms with van der Waals surface area (Å²) in [6, 6.07) is 9.49. The number of nitrogens with one attached hydrogen (secondary N) is 2. The van der Waals surface area contributed by atoms with Crippen LogP contribution in [-0.4, -0.2) is 24.0 Å². The lowest BCUT2D eigenvalue weighted by Gasteiger charge is -2.13. The average molecular weight is 384 g/mol. The van der Waals surface area contributed by atoms with Crippen LogP contribution in [0.25, 0.3) is 0 Å². The summed E-state index contributed by atoms with van der Waals surface area (Å²) in [5.74, 6) is 1.35. The molecule has 0 aliphatic carbocycles. The second-order valence-electron chi connectivity index (χ2n) is 5.93. The Morgan fingerprint density at radius 3 is 2.72 bits per heavy atom. The van der Waals surface area contributed by atoms with Gasteiger partial charge < -0.3 is 15.4 Å². The van der Waals surface area contributed by atoms with Crippen molar-refractivity contribution in [2.45, 2.75) is 20.3 Å². The molecule has 0 bridgehead atoms. The van der Waals surface area contributed by atoms with E-state index in [2.05, 4.69) is 15.6 Å². The number of nitrogens with zero attached hydrogens (tertiary/aromatic N) is 1. The summed E-state index contributed by atoms with van der Waals surface area (Å²) in [5.41, 5.74) is 2.83. The van der Waals surface area contributed by atoms with Gasteiger partial charge in [-0.05, 0) is 50.1 Å². The summed E-state index contributed by atoms with van der Waals surface area (Å²) >= 11 is 0. The molecule has 1 atom stereocenters. The standard InChI is InChI=1S/C18H21N3O2.2ClH/c1-12-5-8-20-17(9-12)23-16-10-15(4-3-13(16)2)21-18(22)14-6-7-19-11-14;;/h3-5,8-10,14,19H,6-7,11H2,1-2H3,(H,21,22);2*1H. The van der Waals surface area contributed by atoms with Crippen molar-refractivity contribution in [3.8, 4) is 11.6 Å². The van der Waals surface area contributed by atoms with Gasteiger partial charge >= 0.3 is 0 Å². The van der Waals surface area contributed by atoms with Crippen LogP contribution >= 0.6 is 24.8 Å². The lowest BCUT2D eigenvalue weighted by atomic mass is 10.1. The Morgan fingerprint density at radius 1 is 1.24 bits per heavy atom. The molecule has 25 heavy (non-hydrogen) atoms. The molecule has 3 rings (SSSR count). The van der Waals surface area contributed by atoms with E-state index in [0.29, 0.717) is 11.6 Å². The van der Waals surface area contributed by atoms with E-state index in [1.54, 1.807) is 6.20 Å². The number of benzene rings is 1. The first kappa shape index (κ1) is 21.2. The highest BCUT2D eigenvalue weighted by molar-refractivity contribution is 5.93. The van der Waals surface area contributed by atoms with E-state index in [4.69, 9.17) is 4.74 Å². The van der Waals surface area contributed by atoms with Gasteiger partial charge in [-0.15, -0.1) is 24.8 Å². The molecule has 0 spiro atoms. The van der Waals surface area contributed by atoms with Crippen molar-refractivity contribution in [1.82, 2.24) is 10.3 Å². The smallest absolute Gasteiger partial charge is 0.228 e. The predicted molar refractivity (Wildman–Crippen MR) is 104 cm³/mol. The fraction of sp³-hybridized carbons (Fsp3) is 0.333. The van der Waals surface area contributed by atoms with Crippen LogP contribution in [0, 0.1) is 19.8 Å². The fourth-order valence-electron chi connectivity index (χ4n) is 2.59. The maximum Gasteiger partial charge on any atom is 0.228 e. The third-order valence-electron chi connectivity index (χ3n) is 3.99. The van der Waals surface area contributed by atoms with E-state index in [-0.39, 0.29) is 36.6 Å². The maximum absolute atomic E-state index is 12.2. The number of aryl methyl sites for hydroxylation is 2. The molecule has 136 valence electrons. The second-order valence-corrected chi connectivity index (χ2v) is 5.93. The zero-order chi connectivity index (χ0) is 16.2. The van der Waals surface area contributed by atoms with Gasteiger partial charge in [0.15, 0.2) is 0 Å². The molecular weight excluding hydrogens is 361 g/mol. The Kier molecular flexibility index (Phi) is 8.16. The molecule has 1 aliphatic rings. The lowest BCUT2D eigenvalue weighted by Crippen LogP contribution is -2.24. The monoisotopic (exact) mass is 383 g/mol. The van der Waals surface area contributed by atoms with E-state index in [9.17, 15) is 4.79 Å². The van der Waals surface area contributed by atoms with E-state index >= 15 is 0 Å². The van der Waals surface area contributed by atoms with E-state index in [1.807, 2.05) is 44.2 Å². The molecule has 0 radical (unpaired) electrons. The first-order chi connectivity index (χ1) is 11.1. The van der Waals surface area contributed by atoms with Crippen molar-refractivity contribution in [3.63, 3.8) is 0 Å². The van der Waals surface area contributed by atoms with Gasteiger partial charge in [-0.3, -0.25) is 4.79 Å². The van der Waals surface area contributed by atoms with Crippen molar-refractivity contribution < 1.29 is 9.53 Å². The van der Waals surface area contributed by atoms with E-state index in [0.717, 1.165) is 36.3 Å². The van der Waals surface area contributed by atoms with Crippen molar-refractivity contribution in [3.05, 3.63) is 47.7 Å². The SMILES string of the molecule is Cc1ccnc(Oc2cc(NC(=O)C3CCNC3)ccc2C)c1.Cl.Cl. The van der Waals surface area contributed by atoms with Gasteiger partial charge in [0.1, 0.15) is 5.75 Å². The molecule has 1 aromatic heterocycles. The number of amides is 1. The van der Waals surface area contributed by atoms with Crippen molar-refractivity contribution in [2.24, 2.45) is 5.92 Å². The molecule has 1 amide bonds. The number of ether oxygens (including phenoxy) is 1. The first-order valence-electron chi connectivity index (χ1n) is 7.84. The minimum absolute atomic E-state index is 0. The van der Waals surface area contributed by atoms with Crippen LogP contribution in [0.4, 0.5) is 5.69 Å². The lowest BCUT2D eigenvalue weighted by molar-refractivity contribution is -0.119. The zero-order valence-electron chi connectivity index (χ0n) is 14.2. The fourth-order valence-corrected chi connectivity index (χ4v) is 2.59. The summed E-state index contributed by atoms with van der Waals surface area (Å²) in [6.45, 7) is 5.61. The van der Waals surface area contributed by atoms with E-state index in [1.165, 1.54) is 0 Å². The molecule has 1 saturated heterocycles. The minimum Gasteiger partial charge on any atom is -0.439 e. The summed E-state index contributed by atoms with van der Waals surface area (Å²) in [4.78, 5) is 16.4. The van der Waals surface area contributed by atoms with Gasteiger partial charge in [0.2, 0.25) is 11.8 Å². The van der Waals surface area contributed by atoms with Crippen LogP contribution < -0.4 is 15.4 Å². The van der Waals surface area contributed by atoms with Crippen molar-refractivity contribution in [1.29, 1.82) is 0 Å². The van der Waals surface area contributed by atoms with Gasteiger partial charge in [-0.2, -0.15) is 0 Å². The molecular formula is C18H23Cl2N3O2. The van der Waals surface area contributed by atoms with Crippen LogP contribution in [-0.2, 0) is 4.79 Å². The maximum atomic E-state index is 12.2. The first-order valence-corrected chi connectivity index (χ1v) is 7.84. The Labute approximate surface area is 160 Å². The third-order valence-corrected chi connectivity index (χ3v) is 3.99. The highest BCUT2D eigenvalue weighted by Crippen LogP contribution is 2.27. The quantitative estimate of drug-likeness (QED) is 0.840. The Hall–Kier alpha value is -1.82. The normalized spacial score (nSPS) is 15.7. The molecule has 1 unspecified atom stereocenters. The zero-order valence-corrected chi connectivity index (χ0v) is 15.9. The highest BCUT2D eigenvalue weighted by atomic mass is 35.5. The van der Waals surface area contributed by atoms with Crippen LogP contribution in [0.15, 0.2) is 36.5 Å². The van der Waals surface area contributed by atoms with Gasteiger partial charge in [0, 0.05) is 30.6 Å². The number of halogens is 2. The molecule has 7 heteroatoms. The Bertz CT molecular complexity index is 719. The number of hydrogen-bond acceptors (Lipinski definition) is 4. The average Bonchev–Trinajstić information content (AvgIpc) is 3.05. The van der Waals surface area contributed by atoms with Gasteiger partial charge in [-0.25, -0.2) is 4.98 Å². The predicted octanol–water partition coefficient (Wildman–Crippen LogP) is 3.88. The number of pyridine rings is 1. The van der Waals surface area contributed by atoms with Crippen LogP contribution in [0.3, 0.4) is 0 Å². The number of carbonyl (C=O) groups excluding carboxylic acids is 1. The van der Waals surface area contributed by atoms with Gasteiger partial charge in [0.25, 0.3) is 0 Å². The molecule has 2 aromatic rings. The number of anilines is 1. The molecule has 1 fully saturated rings. The Morgan fingerprint density at radius 2 is 2.04 bits per heavy atom. The van der Waals surface area contributed by atoms with Crippen LogP contribution in [0.2, 0.25) is 0 Å². The molecule has 1 aromatic carbocycles. The summed E-state index contributed by atoms with van der Waals surface area (Å²) in [7, 11) is 0. The van der Waals surface area contributed by atoms with Gasteiger partial charge in [0.05, 0.1) is 5.92 Å². The van der Waals surface area contributed by atoms with E-state index < -0.39 is 0 Å². The second kappa shape index (κ2) is 9.61. The van der Waals surface area contributed by atoms with Crippen LogP contribution in [0.1, 0.15) is 17.5 Å². The molecule has 2 heterocycles. The number of hydrogen-bond donors (Lipinski definition) is 2. The summed E-state index contributed by atoms with van der Waals surface area (Å²) < 4.78 is 5.86. The number of rotatable bonds is 4. The molecule has 1 aliphatic heterocycles. The third kappa shape index (κ3) is 5.59. The Balaban J connectivity index is 0.00000156. The molecule has 5 nitrogen and oxygen atoms in total. The van der Waals surface area contributed by atoms with Crippen molar-refractivity contribution in [2.75, 3.05) is 18.4 Å². The highest BCUT2D eigenvalue weighted by Gasteiger charge is 2.22. The topological polar surface area (TPSA) is 63.2 Å². The number of aromatic nitrogens is 1. The van der Waals surface area contributed by atoms with Gasteiger partial charge in [-0.1, -0.05) is 6.07 Å². The largest absolute Gasteiger partial charge is 0.439 e. The van der Waals surface area contributed by atoms with Crippen molar-refractivity contribution >= 4 is 36.4 Å². The summed E-state index contributed by atoms with van der Waals surface area (Å²) in [5, 5.41) is 6.17. The summed E-state index contributed by atoms with van der Waals surface area (Å²) in [6.07, 6.45) is 2.60. The minimum atomic E-state index is 0. The molecule has 2 N–H and O–H groups in total. The molecule has 0 saturated carbocycles. The number of carbonyl (C=O) groups is 1.